The predicted molar refractivity (Wildman–Crippen MR) is 264 cm³/mol. The summed E-state index contributed by atoms with van der Waals surface area (Å²) < 4.78 is 13.2. The number of aliphatic imine (C=N–C) groups is 4. The van der Waals surface area contributed by atoms with Gasteiger partial charge in [0, 0.05) is 102 Å². The zero-order valence-corrected chi connectivity index (χ0v) is 38.8. The minimum Gasteiger partial charge on any atom is -0.424 e. The molecular weight excluding hydrogens is 867 g/mol. The van der Waals surface area contributed by atoms with Gasteiger partial charge in [-0.15, -0.1) is 0 Å². The molecule has 0 saturated carbocycles. The Morgan fingerprint density at radius 3 is 2.29 bits per heavy atom. The van der Waals surface area contributed by atoms with E-state index in [0.717, 1.165) is 41.9 Å². The molecule has 68 heavy (non-hydrogen) atoms. The summed E-state index contributed by atoms with van der Waals surface area (Å²) in [6.07, 6.45) is 5.78. The van der Waals surface area contributed by atoms with Crippen molar-refractivity contribution >= 4 is 71.1 Å². The lowest BCUT2D eigenvalue weighted by molar-refractivity contribution is -0.133. The van der Waals surface area contributed by atoms with Crippen molar-refractivity contribution in [2.24, 2.45) is 25.7 Å². The van der Waals surface area contributed by atoms with Crippen molar-refractivity contribution in [3.63, 3.8) is 0 Å². The first-order chi connectivity index (χ1) is 33.0. The van der Waals surface area contributed by atoms with Crippen LogP contribution in [0.15, 0.2) is 90.7 Å². The van der Waals surface area contributed by atoms with Gasteiger partial charge >= 0.3 is 0 Å². The number of oxazole rings is 1. The molecule has 0 aliphatic carbocycles. The molecule has 2 amide bonds. The monoisotopic (exact) mass is 925 g/mol. The summed E-state index contributed by atoms with van der Waals surface area (Å²) in [6.45, 7) is 20.2. The summed E-state index contributed by atoms with van der Waals surface area (Å²) in [5.74, 6) is 1.36. The maximum absolute atomic E-state index is 13.7. The third-order valence-corrected chi connectivity index (χ3v) is 12.4. The van der Waals surface area contributed by atoms with E-state index in [1.165, 1.54) is 11.9 Å². The van der Waals surface area contributed by atoms with E-state index < -0.39 is 0 Å². The number of carbonyl (C=O) groups is 2. The molecule has 2 aromatic carbocycles. The number of amides is 2. The predicted octanol–water partition coefficient (Wildman–Crippen LogP) is 2.78. The second-order valence-electron chi connectivity index (χ2n) is 17.0. The molecule has 0 spiro atoms. The Balaban J connectivity index is 0.778. The van der Waals surface area contributed by atoms with Gasteiger partial charge in [-0.3, -0.25) is 14.5 Å². The molecule has 21 nitrogen and oxygen atoms in total. The Hall–Kier alpha value is -7.36. The van der Waals surface area contributed by atoms with E-state index in [1.54, 1.807) is 25.4 Å². The van der Waals surface area contributed by atoms with Crippen LogP contribution in [0.1, 0.15) is 37.0 Å². The van der Waals surface area contributed by atoms with E-state index in [-0.39, 0.29) is 17.8 Å². The van der Waals surface area contributed by atoms with Gasteiger partial charge in [-0.1, -0.05) is 18.2 Å². The van der Waals surface area contributed by atoms with Crippen molar-refractivity contribution in [3.8, 4) is 11.3 Å². The average Bonchev–Trinajstić information content (AvgIpc) is 3.93. The number of anilines is 2. The zero-order valence-electron chi connectivity index (χ0n) is 38.8. The number of ether oxygens (including phenoxy) is 1. The highest BCUT2D eigenvalue weighted by Gasteiger charge is 2.26. The molecular formula is C47H59N17O4. The normalized spacial score (nSPS) is 16.8. The minimum atomic E-state index is -0.0763. The van der Waals surface area contributed by atoms with Gasteiger partial charge < -0.3 is 46.0 Å². The fourth-order valence-electron chi connectivity index (χ4n) is 8.55. The average molecular weight is 926 g/mol. The molecule has 3 aliphatic rings. The summed E-state index contributed by atoms with van der Waals surface area (Å²) >= 11 is 0. The van der Waals surface area contributed by atoms with Gasteiger partial charge in [0.15, 0.2) is 11.2 Å². The number of hydrogen-bond donors (Lipinski definition) is 3. The van der Waals surface area contributed by atoms with Crippen molar-refractivity contribution in [2.45, 2.75) is 39.8 Å². The van der Waals surface area contributed by atoms with Gasteiger partial charge in [0.25, 0.3) is 11.9 Å². The van der Waals surface area contributed by atoms with E-state index in [4.69, 9.17) is 31.5 Å². The van der Waals surface area contributed by atoms with Crippen molar-refractivity contribution in [3.05, 3.63) is 83.0 Å². The van der Waals surface area contributed by atoms with Crippen molar-refractivity contribution in [1.82, 2.24) is 49.2 Å². The van der Waals surface area contributed by atoms with Crippen molar-refractivity contribution in [1.29, 1.82) is 0 Å². The summed E-state index contributed by atoms with van der Waals surface area (Å²) in [7, 11) is 0. The van der Waals surface area contributed by atoms with Crippen LogP contribution < -0.4 is 17.2 Å². The van der Waals surface area contributed by atoms with Crippen molar-refractivity contribution < 1.29 is 18.7 Å². The highest BCUT2D eigenvalue weighted by molar-refractivity contribution is 5.99. The summed E-state index contributed by atoms with van der Waals surface area (Å²) in [6, 6.07) is 12.0. The van der Waals surface area contributed by atoms with E-state index in [2.05, 4.69) is 76.4 Å². The molecule has 3 aromatic heterocycles. The first-order valence-corrected chi connectivity index (χ1v) is 22.7. The van der Waals surface area contributed by atoms with Crippen LogP contribution in [-0.2, 0) is 33.8 Å². The summed E-state index contributed by atoms with van der Waals surface area (Å²) in [5.41, 5.74) is 25.8. The molecule has 0 unspecified atom stereocenters. The molecule has 3 aliphatic heterocycles. The van der Waals surface area contributed by atoms with Crippen LogP contribution >= 0.6 is 0 Å². The highest BCUT2D eigenvalue weighted by atomic mass is 16.5. The van der Waals surface area contributed by atoms with Crippen LogP contribution in [0.25, 0.3) is 33.4 Å². The Kier molecular flexibility index (Phi) is 14.9. The number of carbonyl (C=O) groups excluding carboxylic acids is 2. The van der Waals surface area contributed by atoms with Crippen LogP contribution in [-0.4, -0.2) is 172 Å². The second-order valence-corrected chi connectivity index (χ2v) is 17.0. The molecule has 8 rings (SSSR count). The molecule has 5 aromatic rings. The van der Waals surface area contributed by atoms with Crippen LogP contribution in [0, 0.1) is 0 Å². The van der Waals surface area contributed by atoms with Crippen LogP contribution in [0.2, 0.25) is 0 Å². The number of nitrogens with zero attached hydrogens (tertiary/aromatic N) is 14. The number of fused-ring (bicyclic) bond motifs is 3. The van der Waals surface area contributed by atoms with E-state index in [1.807, 2.05) is 38.4 Å². The molecule has 0 radical (unpaired) electrons. The fourth-order valence-corrected chi connectivity index (χ4v) is 8.55. The molecule has 356 valence electrons. The number of nitrogens with two attached hydrogens (primary N) is 3. The van der Waals surface area contributed by atoms with Gasteiger partial charge in [-0.25, -0.2) is 34.6 Å². The number of hydrogen-bond acceptors (Lipinski definition) is 14. The van der Waals surface area contributed by atoms with Gasteiger partial charge in [-0.2, -0.15) is 10.1 Å². The Labute approximate surface area is 394 Å². The Bertz CT molecular complexity index is 2790. The first kappa shape index (κ1) is 47.1. The number of piperazine rings is 2. The first-order valence-electron chi connectivity index (χ1n) is 22.7. The van der Waals surface area contributed by atoms with Crippen LogP contribution in [0.3, 0.4) is 0 Å². The lowest BCUT2D eigenvalue weighted by atomic mass is 9.97. The number of aromatic nitrogens is 5. The number of rotatable bonds is 13. The Morgan fingerprint density at radius 2 is 1.56 bits per heavy atom. The lowest BCUT2D eigenvalue weighted by Crippen LogP contribution is -2.50. The molecule has 0 bridgehead atoms. The third kappa shape index (κ3) is 10.9. The number of benzene rings is 2. The third-order valence-electron chi connectivity index (χ3n) is 12.4. The highest BCUT2D eigenvalue weighted by Crippen LogP contribution is 2.33. The molecule has 6 N–H and O–H groups in total. The molecule has 2 saturated heterocycles. The van der Waals surface area contributed by atoms with E-state index in [9.17, 15) is 9.59 Å². The van der Waals surface area contributed by atoms with Gasteiger partial charge in [-0.05, 0) is 74.2 Å². The number of guanidine groups is 2. The largest absolute Gasteiger partial charge is 0.424 e. The smallest absolute Gasteiger partial charge is 0.292 e. The zero-order chi connectivity index (χ0) is 47.7. The number of nitrogen functional groups attached to an aromatic ring is 2. The fraction of sp³-hybridized carbons (Fsp3) is 0.404. The maximum atomic E-state index is 13.7. The lowest BCUT2D eigenvalue weighted by Gasteiger charge is -2.35. The Morgan fingerprint density at radius 1 is 0.838 bits per heavy atom. The van der Waals surface area contributed by atoms with Gasteiger partial charge in [0.05, 0.1) is 31.6 Å². The maximum Gasteiger partial charge on any atom is 0.292 e. The van der Waals surface area contributed by atoms with Gasteiger partial charge in [0.2, 0.25) is 17.8 Å². The summed E-state index contributed by atoms with van der Waals surface area (Å²) in [5, 5.41) is 5.60. The topological polar surface area (TPSA) is 257 Å². The standard InChI is InChI=1S/C47H59N17O4/c1-31(25-48)26-53-46(51-3)62-18-16-60(17-19-62)39(65)10-21-67-22-20-59-12-14-61(15-13-59)47(52-4)54-27-32(2)44(66)63-11-9-34-23-33(5-6-36(34)29-63)28-64-43-40(42(49)55-30-56-43)41(58-64)35-7-8-38-37(24-35)57-45(50)68-38/h5-8,23-24,26-27,30H,3-4,9-22,25,28-29,48H2,1-2H3,(H2,50,57)(H2,49,55,56)/b31-26+,32-27+,53-46+,54-47+. The molecule has 2 fully saturated rings. The van der Waals surface area contributed by atoms with E-state index in [0.29, 0.717) is 143 Å². The van der Waals surface area contributed by atoms with Crippen LogP contribution in [0.5, 0.6) is 0 Å². The van der Waals surface area contributed by atoms with Crippen LogP contribution in [0.4, 0.5) is 11.8 Å². The minimum absolute atomic E-state index is 0.0763. The van der Waals surface area contributed by atoms with E-state index >= 15 is 0 Å². The molecule has 6 heterocycles. The molecule has 0 atom stereocenters. The second kappa shape index (κ2) is 21.5. The van der Waals surface area contributed by atoms with Gasteiger partial charge in [0.1, 0.15) is 23.4 Å². The quantitative estimate of drug-likeness (QED) is 0.0665. The summed E-state index contributed by atoms with van der Waals surface area (Å²) in [4.78, 5) is 67.0. The van der Waals surface area contributed by atoms with Crippen molar-refractivity contribution in [2.75, 3.05) is 96.7 Å². The SMILES string of the molecule is C=N/C(=N\C=C(/C)C(=O)N1CCc2cc(Cn3nc(-c4ccc5oc(N)nc5c4)c4c(N)ncnc43)ccc2C1)N1CCN(CCOCCC(=O)N2CCN(/C(N=C)=N/C=C(\C)CN)CC2)CC1. The molecule has 21 heteroatoms.